The van der Waals surface area contributed by atoms with Crippen molar-refractivity contribution in [3.8, 4) is 0 Å². The monoisotopic (exact) mass is 430 g/mol. The molecule has 1 fully saturated rings. The van der Waals surface area contributed by atoms with Crippen molar-refractivity contribution in [3.63, 3.8) is 0 Å². The van der Waals surface area contributed by atoms with Gasteiger partial charge < -0.3 is 9.47 Å². The number of Topliss-reactive ketones (excluding diaryl/α,β-unsaturated/α-hetero) is 1. The highest BCUT2D eigenvalue weighted by molar-refractivity contribution is 6.10. The minimum Gasteiger partial charge on any atom is -0.347 e. The van der Waals surface area contributed by atoms with Gasteiger partial charge >= 0.3 is 6.18 Å². The fourth-order valence-electron chi connectivity index (χ4n) is 4.80. The number of fused-ring (bicyclic) bond motifs is 1. The third-order valence-electron chi connectivity index (χ3n) is 6.47. The summed E-state index contributed by atoms with van der Waals surface area (Å²) in [4.78, 5) is 14.3. The number of hydrogen-bond acceptors (Lipinski definition) is 2. The summed E-state index contributed by atoms with van der Waals surface area (Å²) < 4.78 is 40.7. The quantitative estimate of drug-likeness (QED) is 0.492. The van der Waals surface area contributed by atoms with Crippen molar-refractivity contribution in [1.29, 1.82) is 0 Å². The van der Waals surface area contributed by atoms with Gasteiger partial charge in [0, 0.05) is 23.6 Å². The van der Waals surface area contributed by atoms with Crippen molar-refractivity contribution in [2.24, 2.45) is 5.92 Å². The number of aromatic nitrogens is 1. The van der Waals surface area contributed by atoms with E-state index >= 15 is 0 Å². The molecule has 0 N–H and O–H groups in total. The Bertz CT molecular complexity index is 978. The van der Waals surface area contributed by atoms with Crippen LogP contribution < -0.4 is 0 Å². The van der Waals surface area contributed by atoms with Crippen molar-refractivity contribution >= 4 is 16.7 Å². The predicted octanol–water partition coefficient (Wildman–Crippen LogP) is 6.15. The van der Waals surface area contributed by atoms with Crippen molar-refractivity contribution in [3.05, 3.63) is 59.8 Å². The minimum atomic E-state index is -4.86. The van der Waals surface area contributed by atoms with Gasteiger partial charge in [-0.25, -0.2) is 0 Å². The molecule has 3 nitrogen and oxygen atoms in total. The Morgan fingerprint density at radius 2 is 1.84 bits per heavy atom. The molecule has 6 heteroatoms. The molecule has 0 unspecified atom stereocenters. The topological polar surface area (TPSA) is 25.2 Å². The predicted molar refractivity (Wildman–Crippen MR) is 117 cm³/mol. The third-order valence-corrected chi connectivity index (χ3v) is 6.47. The summed E-state index contributed by atoms with van der Waals surface area (Å²) in [6, 6.07) is 6.83. The number of carbonyl (C=O) groups excluding carboxylic acids is 1. The second-order valence-electron chi connectivity index (χ2n) is 8.68. The molecule has 2 aromatic rings. The summed E-state index contributed by atoms with van der Waals surface area (Å²) in [6.07, 6.45) is 10.2. The fourth-order valence-corrected chi connectivity index (χ4v) is 4.80. The zero-order valence-corrected chi connectivity index (χ0v) is 17.7. The molecule has 0 bridgehead atoms. The maximum Gasteiger partial charge on any atom is 0.454 e. The van der Waals surface area contributed by atoms with Gasteiger partial charge in [-0.05, 0) is 70.1 Å². The SMILES string of the molecule is O=C(c1cn(CCCN2CCC(CC3=CCCC=C3)CC2)c2ccccc12)C(F)(F)F. The number of hydrogen-bond donors (Lipinski definition) is 0. The van der Waals surface area contributed by atoms with Crippen LogP contribution in [0.4, 0.5) is 13.2 Å². The maximum absolute atomic E-state index is 13.0. The van der Waals surface area contributed by atoms with E-state index in [9.17, 15) is 18.0 Å². The van der Waals surface area contributed by atoms with Crippen LogP contribution >= 0.6 is 0 Å². The van der Waals surface area contributed by atoms with Gasteiger partial charge in [-0.3, -0.25) is 4.79 Å². The Hall–Kier alpha value is -2.34. The number of carbonyl (C=O) groups is 1. The number of halogens is 3. The molecule has 31 heavy (non-hydrogen) atoms. The van der Waals surface area contributed by atoms with E-state index in [2.05, 4.69) is 23.1 Å². The Balaban J connectivity index is 1.31. The summed E-state index contributed by atoms with van der Waals surface area (Å²) in [5.41, 5.74) is 1.91. The number of nitrogens with zero attached hydrogens (tertiary/aromatic N) is 2. The first-order valence-corrected chi connectivity index (χ1v) is 11.2. The number of para-hydroxylation sites is 1. The van der Waals surface area contributed by atoms with E-state index in [4.69, 9.17) is 0 Å². The molecule has 0 amide bonds. The van der Waals surface area contributed by atoms with Crippen LogP contribution in [0.15, 0.2) is 54.3 Å². The minimum absolute atomic E-state index is 0.255. The molecule has 1 aliphatic carbocycles. The largest absolute Gasteiger partial charge is 0.454 e. The lowest BCUT2D eigenvalue weighted by molar-refractivity contribution is -0.0884. The van der Waals surface area contributed by atoms with Gasteiger partial charge in [0.05, 0.1) is 5.56 Å². The lowest BCUT2D eigenvalue weighted by Crippen LogP contribution is -2.34. The molecule has 166 valence electrons. The van der Waals surface area contributed by atoms with Gasteiger partial charge in [-0.15, -0.1) is 0 Å². The van der Waals surface area contributed by atoms with Crippen LogP contribution in [-0.2, 0) is 6.54 Å². The highest BCUT2D eigenvalue weighted by atomic mass is 19.4. The number of rotatable bonds is 7. The summed E-state index contributed by atoms with van der Waals surface area (Å²) in [5.74, 6) is -1.03. The van der Waals surface area contributed by atoms with Crippen molar-refractivity contribution < 1.29 is 18.0 Å². The van der Waals surface area contributed by atoms with Gasteiger partial charge in [0.1, 0.15) is 0 Å². The molecule has 0 spiro atoms. The van der Waals surface area contributed by atoms with E-state index in [1.54, 1.807) is 28.8 Å². The average Bonchev–Trinajstić information content (AvgIpc) is 3.13. The summed E-state index contributed by atoms with van der Waals surface area (Å²) in [6.45, 7) is 3.67. The number of allylic oxidation sites excluding steroid dienone is 4. The van der Waals surface area contributed by atoms with Crippen molar-refractivity contribution in [2.45, 2.75) is 51.2 Å². The van der Waals surface area contributed by atoms with E-state index in [0.717, 1.165) is 44.8 Å². The maximum atomic E-state index is 13.0. The van der Waals surface area contributed by atoms with E-state index in [1.807, 2.05) is 0 Å². The Labute approximate surface area is 181 Å². The molecule has 2 aliphatic rings. The molecule has 2 heterocycles. The Morgan fingerprint density at radius 1 is 1.06 bits per heavy atom. The zero-order chi connectivity index (χ0) is 21.8. The lowest BCUT2D eigenvalue weighted by Gasteiger charge is -2.32. The molecule has 0 atom stereocenters. The normalized spacial score (nSPS) is 18.5. The Kier molecular flexibility index (Phi) is 6.65. The first-order chi connectivity index (χ1) is 14.9. The fraction of sp³-hybridized carbons (Fsp3) is 0.480. The van der Waals surface area contributed by atoms with E-state index in [0.29, 0.717) is 17.4 Å². The van der Waals surface area contributed by atoms with E-state index in [-0.39, 0.29) is 5.56 Å². The molecule has 1 saturated heterocycles. The van der Waals surface area contributed by atoms with Crippen molar-refractivity contribution in [1.82, 2.24) is 9.47 Å². The molecule has 4 rings (SSSR count). The molecule has 1 aliphatic heterocycles. The van der Waals surface area contributed by atoms with Gasteiger partial charge in [-0.2, -0.15) is 13.2 Å². The van der Waals surface area contributed by atoms with Crippen molar-refractivity contribution in [2.75, 3.05) is 19.6 Å². The van der Waals surface area contributed by atoms with Gasteiger partial charge in [-0.1, -0.05) is 42.0 Å². The second kappa shape index (κ2) is 9.43. The van der Waals surface area contributed by atoms with Crippen LogP contribution in [0, 0.1) is 5.92 Å². The number of alkyl halides is 3. The van der Waals surface area contributed by atoms with Crippen LogP contribution in [0.5, 0.6) is 0 Å². The number of benzene rings is 1. The molecular formula is C25H29F3N2O. The highest BCUT2D eigenvalue weighted by Gasteiger charge is 2.40. The molecule has 1 aromatic carbocycles. The van der Waals surface area contributed by atoms with Crippen LogP contribution in [0.1, 0.15) is 48.9 Å². The van der Waals surface area contributed by atoms with Gasteiger partial charge in [0.25, 0.3) is 5.78 Å². The number of ketones is 1. The van der Waals surface area contributed by atoms with Gasteiger partial charge in [0.2, 0.25) is 0 Å². The summed E-state index contributed by atoms with van der Waals surface area (Å²) in [7, 11) is 0. The third kappa shape index (κ3) is 5.29. The van der Waals surface area contributed by atoms with Gasteiger partial charge in [0.15, 0.2) is 0 Å². The number of likely N-dealkylation sites (tertiary alicyclic amines) is 1. The number of aryl methyl sites for hydroxylation is 1. The first-order valence-electron chi connectivity index (χ1n) is 11.2. The van der Waals surface area contributed by atoms with E-state index < -0.39 is 12.0 Å². The standard InChI is InChI=1S/C25H29F3N2O/c26-25(27,28)24(31)22-18-30(23-10-5-4-9-21(22)23)14-6-13-29-15-11-20(12-16-29)17-19-7-2-1-3-8-19/h2,4-5,7-10,18,20H,1,3,6,11-17H2. The second-order valence-corrected chi connectivity index (χ2v) is 8.68. The molecular weight excluding hydrogens is 401 g/mol. The highest BCUT2D eigenvalue weighted by Crippen LogP contribution is 2.29. The van der Waals surface area contributed by atoms with Crippen LogP contribution in [0.2, 0.25) is 0 Å². The van der Waals surface area contributed by atoms with Crippen LogP contribution in [0.25, 0.3) is 10.9 Å². The van der Waals surface area contributed by atoms with Crippen LogP contribution in [0.3, 0.4) is 0 Å². The molecule has 0 radical (unpaired) electrons. The average molecular weight is 431 g/mol. The summed E-state index contributed by atoms with van der Waals surface area (Å²) in [5, 5.41) is 0.372. The molecule has 1 aromatic heterocycles. The summed E-state index contributed by atoms with van der Waals surface area (Å²) >= 11 is 0. The zero-order valence-electron chi connectivity index (χ0n) is 17.7. The van der Waals surface area contributed by atoms with E-state index in [1.165, 1.54) is 31.0 Å². The Morgan fingerprint density at radius 3 is 2.55 bits per heavy atom. The smallest absolute Gasteiger partial charge is 0.347 e. The van der Waals surface area contributed by atoms with Crippen LogP contribution in [-0.4, -0.2) is 41.1 Å². The lowest BCUT2D eigenvalue weighted by atomic mass is 9.88. The number of piperidine rings is 1. The molecule has 0 saturated carbocycles. The first kappa shape index (κ1) is 21.9.